The Bertz CT molecular complexity index is 1500. The first-order valence-corrected chi connectivity index (χ1v) is 16.2. The summed E-state index contributed by atoms with van der Waals surface area (Å²) in [5.41, 5.74) is 0.795. The first-order chi connectivity index (χ1) is 20.6. The zero-order valence-corrected chi connectivity index (χ0v) is 25.9. The Morgan fingerprint density at radius 2 is 1.70 bits per heavy atom. The molecule has 0 heterocycles. The third-order valence-electron chi connectivity index (χ3n) is 7.63. The van der Waals surface area contributed by atoms with Crippen molar-refractivity contribution in [1.29, 1.82) is 0 Å². The summed E-state index contributed by atoms with van der Waals surface area (Å²) in [4.78, 5) is 29.1. The maximum absolute atomic E-state index is 14.2. The third kappa shape index (κ3) is 8.26. The predicted octanol–water partition coefficient (Wildman–Crippen LogP) is 5.94. The van der Waals surface area contributed by atoms with Gasteiger partial charge in [-0.15, -0.1) is 0 Å². The molecule has 3 aromatic carbocycles. The van der Waals surface area contributed by atoms with Crippen molar-refractivity contribution in [3.05, 3.63) is 89.2 Å². The van der Waals surface area contributed by atoms with Crippen molar-refractivity contribution >= 4 is 39.1 Å². The average molecular weight is 630 g/mol. The van der Waals surface area contributed by atoms with Crippen LogP contribution >= 0.6 is 11.6 Å². The molecule has 1 aliphatic rings. The van der Waals surface area contributed by atoms with E-state index in [0.29, 0.717) is 22.8 Å². The van der Waals surface area contributed by atoms with Gasteiger partial charge in [0, 0.05) is 17.6 Å². The number of nitrogens with one attached hydrogen (secondary N) is 1. The van der Waals surface area contributed by atoms with Crippen molar-refractivity contribution < 1.29 is 27.1 Å². The standard InChI is InChI=1S/C32H37ClFN3O5S/c1-3-30(32(39)35-26-9-5-4-6-10-26)36(21-23-12-14-25(34)15-13-23)31(38)22-37(27-11-7-8-24(33)20-27)43(40,41)29-18-16-28(42-2)17-19-29/h7-8,11-20,26,30H,3-6,9-10,21-22H2,1-2H3,(H,35,39). The van der Waals surface area contributed by atoms with Crippen molar-refractivity contribution in [2.45, 2.75) is 69.0 Å². The van der Waals surface area contributed by atoms with Crippen LogP contribution in [0.5, 0.6) is 5.75 Å². The normalized spacial score (nSPS) is 14.5. The molecule has 0 spiro atoms. The van der Waals surface area contributed by atoms with Crippen LogP contribution in [0.2, 0.25) is 5.02 Å². The zero-order valence-electron chi connectivity index (χ0n) is 24.3. The highest BCUT2D eigenvalue weighted by Gasteiger charge is 2.34. The van der Waals surface area contributed by atoms with Crippen molar-refractivity contribution in [1.82, 2.24) is 10.2 Å². The van der Waals surface area contributed by atoms with Crippen LogP contribution < -0.4 is 14.4 Å². The van der Waals surface area contributed by atoms with Crippen LogP contribution in [-0.2, 0) is 26.2 Å². The van der Waals surface area contributed by atoms with Gasteiger partial charge >= 0.3 is 0 Å². The molecular formula is C32H37ClFN3O5S. The number of amides is 2. The van der Waals surface area contributed by atoms with E-state index in [2.05, 4.69) is 5.32 Å². The lowest BCUT2D eigenvalue weighted by Crippen LogP contribution is -2.54. The molecule has 11 heteroatoms. The summed E-state index contributed by atoms with van der Waals surface area (Å²) in [6, 6.07) is 16.9. The lowest BCUT2D eigenvalue weighted by Gasteiger charge is -2.34. The van der Waals surface area contributed by atoms with Gasteiger partial charge in [0.1, 0.15) is 24.2 Å². The fourth-order valence-corrected chi connectivity index (χ4v) is 6.88. The summed E-state index contributed by atoms with van der Waals surface area (Å²) in [6.07, 6.45) is 5.22. The number of rotatable bonds is 12. The molecule has 8 nitrogen and oxygen atoms in total. The van der Waals surface area contributed by atoms with Gasteiger partial charge < -0.3 is 15.0 Å². The Kier molecular flexibility index (Phi) is 11.0. The summed E-state index contributed by atoms with van der Waals surface area (Å²) in [5.74, 6) is -0.838. The van der Waals surface area contributed by atoms with Gasteiger partial charge in [0.15, 0.2) is 0 Å². The molecule has 1 aliphatic carbocycles. The summed E-state index contributed by atoms with van der Waals surface area (Å²) >= 11 is 6.23. The minimum atomic E-state index is -4.26. The molecule has 1 saturated carbocycles. The van der Waals surface area contributed by atoms with Gasteiger partial charge in [0.25, 0.3) is 10.0 Å². The van der Waals surface area contributed by atoms with E-state index in [0.717, 1.165) is 36.4 Å². The van der Waals surface area contributed by atoms with E-state index in [1.54, 1.807) is 37.3 Å². The van der Waals surface area contributed by atoms with Crippen LogP contribution in [0.25, 0.3) is 0 Å². The van der Waals surface area contributed by atoms with E-state index >= 15 is 0 Å². The minimum absolute atomic E-state index is 0.0122. The number of anilines is 1. The van der Waals surface area contributed by atoms with Crippen LogP contribution in [0.1, 0.15) is 51.0 Å². The zero-order chi connectivity index (χ0) is 31.0. The summed E-state index contributed by atoms with van der Waals surface area (Å²) in [6.45, 7) is 1.20. The van der Waals surface area contributed by atoms with E-state index in [9.17, 15) is 22.4 Å². The average Bonchev–Trinajstić information content (AvgIpc) is 3.01. The second-order valence-corrected chi connectivity index (χ2v) is 12.9. The van der Waals surface area contributed by atoms with Gasteiger partial charge in [-0.05, 0) is 79.4 Å². The SMILES string of the molecule is CCC(C(=O)NC1CCCCC1)N(Cc1ccc(F)cc1)C(=O)CN(c1cccc(Cl)c1)S(=O)(=O)c1ccc(OC)cc1. The van der Waals surface area contributed by atoms with E-state index in [-0.39, 0.29) is 29.1 Å². The highest BCUT2D eigenvalue weighted by Crippen LogP contribution is 2.28. The molecule has 0 aliphatic heterocycles. The van der Waals surface area contributed by atoms with Gasteiger partial charge in [0.05, 0.1) is 17.7 Å². The van der Waals surface area contributed by atoms with E-state index < -0.39 is 34.3 Å². The molecule has 0 radical (unpaired) electrons. The van der Waals surface area contributed by atoms with Crippen molar-refractivity contribution in [2.24, 2.45) is 0 Å². The summed E-state index contributed by atoms with van der Waals surface area (Å²) < 4.78 is 47.8. The molecule has 3 aromatic rings. The molecule has 1 unspecified atom stereocenters. The fourth-order valence-electron chi connectivity index (χ4n) is 5.29. The van der Waals surface area contributed by atoms with E-state index in [1.165, 1.54) is 54.5 Å². The molecule has 2 amide bonds. The summed E-state index contributed by atoms with van der Waals surface area (Å²) in [7, 11) is -2.78. The van der Waals surface area contributed by atoms with Crippen molar-refractivity contribution in [2.75, 3.05) is 18.0 Å². The molecular weight excluding hydrogens is 593 g/mol. The predicted molar refractivity (Wildman–Crippen MR) is 165 cm³/mol. The molecule has 4 rings (SSSR count). The fraction of sp³-hybridized carbons (Fsp3) is 0.375. The number of methoxy groups -OCH3 is 1. The van der Waals surface area contributed by atoms with Crippen LogP contribution in [0, 0.1) is 5.82 Å². The maximum Gasteiger partial charge on any atom is 0.264 e. The number of ether oxygens (including phenoxy) is 1. The number of sulfonamides is 1. The second kappa shape index (κ2) is 14.7. The first-order valence-electron chi connectivity index (χ1n) is 14.4. The molecule has 1 N–H and O–H groups in total. The third-order valence-corrected chi connectivity index (χ3v) is 9.65. The van der Waals surface area contributed by atoms with Crippen LogP contribution in [-0.4, -0.2) is 50.9 Å². The van der Waals surface area contributed by atoms with Crippen LogP contribution in [0.4, 0.5) is 10.1 Å². The number of hydrogen-bond acceptors (Lipinski definition) is 5. The van der Waals surface area contributed by atoms with Gasteiger partial charge in [-0.3, -0.25) is 13.9 Å². The van der Waals surface area contributed by atoms with E-state index in [4.69, 9.17) is 16.3 Å². The molecule has 0 saturated heterocycles. The number of carbonyl (C=O) groups excluding carboxylic acids is 2. The molecule has 0 aromatic heterocycles. The Morgan fingerprint density at radius 1 is 1.02 bits per heavy atom. The largest absolute Gasteiger partial charge is 0.497 e. The Balaban J connectivity index is 1.70. The lowest BCUT2D eigenvalue weighted by atomic mass is 9.95. The van der Waals surface area contributed by atoms with Crippen molar-refractivity contribution in [3.8, 4) is 5.75 Å². The van der Waals surface area contributed by atoms with E-state index in [1.807, 2.05) is 0 Å². The Hall–Kier alpha value is -3.63. The van der Waals surface area contributed by atoms with Gasteiger partial charge in [0.2, 0.25) is 11.8 Å². The number of carbonyl (C=O) groups is 2. The Morgan fingerprint density at radius 3 is 2.30 bits per heavy atom. The van der Waals surface area contributed by atoms with Gasteiger partial charge in [-0.25, -0.2) is 12.8 Å². The summed E-state index contributed by atoms with van der Waals surface area (Å²) in [5, 5.41) is 3.40. The number of hydrogen-bond donors (Lipinski definition) is 1. The second-order valence-electron chi connectivity index (χ2n) is 10.6. The smallest absolute Gasteiger partial charge is 0.264 e. The van der Waals surface area contributed by atoms with Gasteiger partial charge in [-0.1, -0.05) is 56.0 Å². The monoisotopic (exact) mass is 629 g/mol. The molecule has 230 valence electrons. The molecule has 43 heavy (non-hydrogen) atoms. The maximum atomic E-state index is 14.2. The number of halogens is 2. The van der Waals surface area contributed by atoms with Crippen LogP contribution in [0.15, 0.2) is 77.7 Å². The number of nitrogens with zero attached hydrogens (tertiary/aromatic N) is 2. The number of benzene rings is 3. The van der Waals surface area contributed by atoms with Crippen LogP contribution in [0.3, 0.4) is 0 Å². The first kappa shape index (κ1) is 32.3. The molecule has 1 fully saturated rings. The Labute approximate surface area is 257 Å². The topological polar surface area (TPSA) is 96.0 Å². The van der Waals surface area contributed by atoms with Crippen molar-refractivity contribution in [3.63, 3.8) is 0 Å². The molecule has 1 atom stereocenters. The van der Waals surface area contributed by atoms with Gasteiger partial charge in [-0.2, -0.15) is 0 Å². The highest BCUT2D eigenvalue weighted by atomic mass is 35.5. The lowest BCUT2D eigenvalue weighted by molar-refractivity contribution is -0.140. The highest BCUT2D eigenvalue weighted by molar-refractivity contribution is 7.92. The minimum Gasteiger partial charge on any atom is -0.497 e. The quantitative estimate of drug-likeness (QED) is 0.268. The molecule has 0 bridgehead atoms.